The molecule has 0 radical (unpaired) electrons. The number of benzene rings is 2. The third kappa shape index (κ3) is 4.56. The Morgan fingerprint density at radius 3 is 2.76 bits per heavy atom. The first-order valence-corrected chi connectivity index (χ1v) is 9.56. The number of imide groups is 1. The van der Waals surface area contributed by atoms with E-state index in [4.69, 9.17) is 27.5 Å². The second kappa shape index (κ2) is 9.03. The maximum Gasteiger partial charge on any atom is 0.294 e. The van der Waals surface area contributed by atoms with Crippen molar-refractivity contribution < 1.29 is 23.5 Å². The highest BCUT2D eigenvalue weighted by Gasteiger charge is 2.34. The van der Waals surface area contributed by atoms with Crippen LogP contribution in [0.2, 0.25) is 5.02 Å². The molecule has 2 amide bonds. The van der Waals surface area contributed by atoms with Crippen molar-refractivity contribution in [3.8, 4) is 23.8 Å². The minimum absolute atomic E-state index is 0.0346. The summed E-state index contributed by atoms with van der Waals surface area (Å²) < 4.78 is 24.8. The molecule has 2 aromatic carbocycles. The lowest BCUT2D eigenvalue weighted by atomic mass is 10.1. The van der Waals surface area contributed by atoms with E-state index < -0.39 is 11.1 Å². The number of amides is 2. The lowest BCUT2D eigenvalue weighted by molar-refractivity contribution is -0.122. The molecule has 0 unspecified atom stereocenters. The number of halogens is 2. The van der Waals surface area contributed by atoms with Crippen LogP contribution in [0.3, 0.4) is 0 Å². The molecule has 0 spiro atoms. The number of ether oxygens (including phenoxy) is 2. The first-order valence-electron chi connectivity index (χ1n) is 8.37. The van der Waals surface area contributed by atoms with E-state index in [2.05, 4.69) is 5.92 Å². The maximum absolute atomic E-state index is 13.8. The lowest BCUT2D eigenvalue weighted by Crippen LogP contribution is -2.28. The number of thioether (sulfide) groups is 1. The second-order valence-electron chi connectivity index (χ2n) is 5.89. The zero-order valence-electron chi connectivity index (χ0n) is 15.3. The van der Waals surface area contributed by atoms with Crippen molar-refractivity contribution in [1.82, 2.24) is 4.90 Å². The first kappa shape index (κ1) is 20.8. The lowest BCUT2D eigenvalue weighted by Gasteiger charge is -2.14. The van der Waals surface area contributed by atoms with Crippen molar-refractivity contribution in [3.05, 3.63) is 63.3 Å². The number of methoxy groups -OCH3 is 1. The van der Waals surface area contributed by atoms with E-state index in [9.17, 15) is 14.0 Å². The zero-order valence-corrected chi connectivity index (χ0v) is 16.8. The van der Waals surface area contributed by atoms with Crippen LogP contribution in [-0.2, 0) is 11.4 Å². The minimum atomic E-state index is -0.465. The van der Waals surface area contributed by atoms with Gasteiger partial charge in [0.1, 0.15) is 12.4 Å². The zero-order chi connectivity index (χ0) is 21.0. The third-order valence-electron chi connectivity index (χ3n) is 4.00. The minimum Gasteiger partial charge on any atom is -0.493 e. The molecule has 8 heteroatoms. The summed E-state index contributed by atoms with van der Waals surface area (Å²) in [5.41, 5.74) is 0.910. The molecule has 1 aliphatic rings. The van der Waals surface area contributed by atoms with Crippen LogP contribution < -0.4 is 9.47 Å². The van der Waals surface area contributed by atoms with Gasteiger partial charge in [-0.25, -0.2) is 4.39 Å². The van der Waals surface area contributed by atoms with Gasteiger partial charge in [0.2, 0.25) is 0 Å². The van der Waals surface area contributed by atoms with Crippen LogP contribution in [0.25, 0.3) is 6.08 Å². The number of rotatable bonds is 6. The van der Waals surface area contributed by atoms with Gasteiger partial charge in [0.15, 0.2) is 11.5 Å². The maximum atomic E-state index is 13.8. The highest BCUT2D eigenvalue weighted by atomic mass is 35.5. The molecular formula is C21H15ClFNO4S. The van der Waals surface area contributed by atoms with E-state index >= 15 is 0 Å². The molecule has 0 N–H and O–H groups in total. The molecule has 2 aromatic rings. The number of hydrogen-bond acceptors (Lipinski definition) is 5. The molecule has 0 aliphatic carbocycles. The van der Waals surface area contributed by atoms with Gasteiger partial charge in [-0.15, -0.1) is 6.42 Å². The molecule has 3 rings (SSSR count). The molecule has 1 aliphatic heterocycles. The molecule has 1 saturated heterocycles. The Morgan fingerprint density at radius 1 is 1.31 bits per heavy atom. The van der Waals surface area contributed by atoms with E-state index in [0.29, 0.717) is 16.9 Å². The van der Waals surface area contributed by atoms with Gasteiger partial charge in [0, 0.05) is 5.56 Å². The molecule has 29 heavy (non-hydrogen) atoms. The Morgan fingerprint density at radius 2 is 2.07 bits per heavy atom. The summed E-state index contributed by atoms with van der Waals surface area (Å²) in [5.74, 6) is 1.98. The number of carbonyl (C=O) groups excluding carboxylic acids is 2. The van der Waals surface area contributed by atoms with Crippen molar-refractivity contribution in [2.24, 2.45) is 0 Å². The third-order valence-corrected chi connectivity index (χ3v) is 5.19. The fraction of sp³-hybridized carbons (Fsp3) is 0.143. The number of terminal acetylenes is 1. The molecule has 0 atom stereocenters. The molecule has 0 saturated carbocycles. The molecule has 148 valence electrons. The average molecular weight is 432 g/mol. The van der Waals surface area contributed by atoms with Gasteiger partial charge in [-0.2, -0.15) is 0 Å². The van der Waals surface area contributed by atoms with Crippen molar-refractivity contribution in [2.45, 2.75) is 6.61 Å². The monoisotopic (exact) mass is 431 g/mol. The Bertz CT molecular complexity index is 1050. The van der Waals surface area contributed by atoms with Crippen LogP contribution in [0, 0.1) is 18.2 Å². The van der Waals surface area contributed by atoms with E-state index in [-0.39, 0.29) is 34.6 Å². The topological polar surface area (TPSA) is 55.8 Å². The van der Waals surface area contributed by atoms with Crippen LogP contribution in [-0.4, -0.2) is 29.7 Å². The highest BCUT2D eigenvalue weighted by Crippen LogP contribution is 2.39. The SMILES string of the molecule is C#CCN1C(=O)S/C(=C\c2cc(Cl)c(OCc3ccccc3F)c(OC)c2)C1=O. The Kier molecular flexibility index (Phi) is 6.47. The smallest absolute Gasteiger partial charge is 0.294 e. The normalized spacial score (nSPS) is 15.0. The van der Waals surface area contributed by atoms with Gasteiger partial charge in [-0.3, -0.25) is 14.5 Å². The molecule has 0 aromatic heterocycles. The summed E-state index contributed by atoms with van der Waals surface area (Å²) in [5, 5.41) is -0.211. The molecule has 0 bridgehead atoms. The van der Waals surface area contributed by atoms with Crippen molar-refractivity contribution in [1.29, 1.82) is 0 Å². The van der Waals surface area contributed by atoms with Gasteiger partial charge in [0.05, 0.1) is 23.6 Å². The summed E-state index contributed by atoms with van der Waals surface area (Å²) in [6.07, 6.45) is 6.71. The largest absolute Gasteiger partial charge is 0.493 e. The summed E-state index contributed by atoms with van der Waals surface area (Å²) in [6, 6.07) is 9.42. The second-order valence-corrected chi connectivity index (χ2v) is 7.29. The number of nitrogens with zero attached hydrogens (tertiary/aromatic N) is 1. The highest BCUT2D eigenvalue weighted by molar-refractivity contribution is 8.18. The number of hydrogen-bond donors (Lipinski definition) is 0. The van der Waals surface area contributed by atoms with E-state index in [1.807, 2.05) is 0 Å². The van der Waals surface area contributed by atoms with Crippen molar-refractivity contribution in [2.75, 3.05) is 13.7 Å². The predicted octanol–water partition coefficient (Wildman–Crippen LogP) is 4.74. The molecule has 1 heterocycles. The first-order chi connectivity index (χ1) is 13.9. The van der Waals surface area contributed by atoms with Crippen LogP contribution in [0.15, 0.2) is 41.3 Å². The van der Waals surface area contributed by atoms with Gasteiger partial charge in [-0.05, 0) is 41.6 Å². The molecule has 5 nitrogen and oxygen atoms in total. The summed E-state index contributed by atoms with van der Waals surface area (Å²) in [4.78, 5) is 25.4. The van der Waals surface area contributed by atoms with Crippen LogP contribution in [0.5, 0.6) is 11.5 Å². The summed E-state index contributed by atoms with van der Waals surface area (Å²) in [6.45, 7) is -0.123. The van der Waals surface area contributed by atoms with Gasteiger partial charge < -0.3 is 9.47 Å². The van der Waals surface area contributed by atoms with Gasteiger partial charge in [-0.1, -0.05) is 35.7 Å². The molecular weight excluding hydrogens is 417 g/mol. The standard InChI is InChI=1S/C21H15ClFNO4S/c1-3-8-24-20(25)18(29-21(24)26)11-13-9-15(22)19(17(10-13)27-2)28-12-14-6-4-5-7-16(14)23/h1,4-7,9-11H,8,12H2,2H3/b18-11-. The van der Waals surface area contributed by atoms with Crippen LogP contribution in [0.1, 0.15) is 11.1 Å². The van der Waals surface area contributed by atoms with E-state index in [1.54, 1.807) is 30.3 Å². The Labute approximate surface area is 176 Å². The van der Waals surface area contributed by atoms with Crippen molar-refractivity contribution >= 4 is 40.6 Å². The summed E-state index contributed by atoms with van der Waals surface area (Å²) in [7, 11) is 1.44. The van der Waals surface area contributed by atoms with Crippen molar-refractivity contribution in [3.63, 3.8) is 0 Å². The Hall–Kier alpha value is -2.95. The quantitative estimate of drug-likeness (QED) is 0.488. The summed E-state index contributed by atoms with van der Waals surface area (Å²) >= 11 is 7.12. The van der Waals surface area contributed by atoms with Crippen LogP contribution in [0.4, 0.5) is 9.18 Å². The average Bonchev–Trinajstić information content (AvgIpc) is 2.95. The fourth-order valence-corrected chi connectivity index (χ4v) is 3.72. The van der Waals surface area contributed by atoms with Gasteiger partial charge >= 0.3 is 0 Å². The molecule has 1 fully saturated rings. The van der Waals surface area contributed by atoms with E-state index in [0.717, 1.165) is 16.7 Å². The van der Waals surface area contributed by atoms with E-state index in [1.165, 1.54) is 19.3 Å². The Balaban J connectivity index is 1.85. The predicted molar refractivity (Wildman–Crippen MR) is 110 cm³/mol. The fourth-order valence-electron chi connectivity index (χ4n) is 2.61. The van der Waals surface area contributed by atoms with Gasteiger partial charge in [0.25, 0.3) is 11.1 Å². The number of carbonyl (C=O) groups is 2. The van der Waals surface area contributed by atoms with Crippen LogP contribution >= 0.6 is 23.4 Å².